The second kappa shape index (κ2) is 3.12. The predicted molar refractivity (Wildman–Crippen MR) is 37.1 cm³/mol. The Morgan fingerprint density at radius 3 is 1.71 bits per heavy atom. The van der Waals surface area contributed by atoms with Gasteiger partial charge in [0.25, 0.3) is 0 Å². The average molecular weight is 98.0 g/mol. The Bertz CT molecular complexity index is 33.4. The molecule has 0 spiro atoms. The van der Waals surface area contributed by atoms with E-state index >= 15 is 0 Å². The van der Waals surface area contributed by atoms with Gasteiger partial charge in [-0.25, -0.2) is 0 Å². The molecule has 0 heterocycles. The van der Waals surface area contributed by atoms with Crippen molar-refractivity contribution in [2.75, 3.05) is 0 Å². The van der Waals surface area contributed by atoms with Crippen LogP contribution in [0.4, 0.5) is 0 Å². The zero-order valence-electron chi connectivity index (χ0n) is 5.86. The molecular formula is C6H15B. The summed E-state index contributed by atoms with van der Waals surface area (Å²) in [5, 5.41) is 0. The summed E-state index contributed by atoms with van der Waals surface area (Å²) in [7, 11) is 0. The van der Waals surface area contributed by atoms with Gasteiger partial charge in [0, 0.05) is 0 Å². The molecule has 0 bridgehead atoms. The molecule has 0 saturated heterocycles. The molecule has 0 amide bonds. The van der Waals surface area contributed by atoms with Crippen LogP contribution in [0.15, 0.2) is 0 Å². The molecule has 0 fully saturated rings. The van der Waals surface area contributed by atoms with Crippen LogP contribution in [0.2, 0.25) is 20.0 Å². The Morgan fingerprint density at radius 1 is 1.29 bits per heavy atom. The lowest BCUT2D eigenvalue weighted by Crippen LogP contribution is -2.02. The first-order valence-electron chi connectivity index (χ1n) is 3.13. The number of hydrogen-bond donors (Lipinski definition) is 0. The lowest BCUT2D eigenvalue weighted by molar-refractivity contribution is 0.727. The van der Waals surface area contributed by atoms with E-state index in [1.807, 2.05) is 0 Å². The number of rotatable bonds is 2. The minimum Gasteiger partial charge on any atom is -0.0863 e. The van der Waals surface area contributed by atoms with E-state index in [1.165, 1.54) is 6.32 Å². The Hall–Kier alpha value is 0.0649. The standard InChI is InChI=1S/C6H15B/c1-6(2)5-7(3)4/h6H,5H2,1-4H3. The molecule has 0 atom stereocenters. The summed E-state index contributed by atoms with van der Waals surface area (Å²) in [6.07, 6.45) is 1.36. The monoisotopic (exact) mass is 98.1 g/mol. The molecule has 0 N–H and O–H groups in total. The zero-order valence-corrected chi connectivity index (χ0v) is 5.86. The largest absolute Gasteiger partial charge is 0.133 e. The summed E-state index contributed by atoms with van der Waals surface area (Å²) in [4.78, 5) is 0. The van der Waals surface area contributed by atoms with E-state index in [-0.39, 0.29) is 0 Å². The highest BCUT2D eigenvalue weighted by atomic mass is 13.9. The van der Waals surface area contributed by atoms with E-state index in [4.69, 9.17) is 0 Å². The van der Waals surface area contributed by atoms with Gasteiger partial charge in [0.2, 0.25) is 0 Å². The van der Waals surface area contributed by atoms with Gasteiger partial charge in [0.1, 0.15) is 6.71 Å². The number of hydrogen-bond acceptors (Lipinski definition) is 0. The molecule has 0 aromatic carbocycles. The van der Waals surface area contributed by atoms with Crippen LogP contribution in [0.1, 0.15) is 13.8 Å². The van der Waals surface area contributed by atoms with Crippen molar-refractivity contribution in [1.82, 2.24) is 0 Å². The quantitative estimate of drug-likeness (QED) is 0.465. The Labute approximate surface area is 47.4 Å². The van der Waals surface area contributed by atoms with Crippen LogP contribution in [-0.2, 0) is 0 Å². The molecule has 0 nitrogen and oxygen atoms in total. The van der Waals surface area contributed by atoms with E-state index in [1.54, 1.807) is 0 Å². The van der Waals surface area contributed by atoms with Crippen LogP contribution in [0.25, 0.3) is 0 Å². The molecule has 7 heavy (non-hydrogen) atoms. The SMILES string of the molecule is CB(C)CC(C)C. The third-order valence-electron chi connectivity index (χ3n) is 0.943. The fourth-order valence-electron chi connectivity index (χ4n) is 0.943. The lowest BCUT2D eigenvalue weighted by atomic mass is 9.50. The van der Waals surface area contributed by atoms with Crippen molar-refractivity contribution < 1.29 is 0 Å². The topological polar surface area (TPSA) is 0 Å². The van der Waals surface area contributed by atoms with Gasteiger partial charge in [0.05, 0.1) is 0 Å². The van der Waals surface area contributed by atoms with E-state index in [0.29, 0.717) is 0 Å². The molecule has 0 aromatic rings. The highest BCUT2D eigenvalue weighted by Crippen LogP contribution is 2.03. The maximum absolute atomic E-state index is 2.26. The third kappa shape index (κ3) is 6.06. The van der Waals surface area contributed by atoms with Gasteiger partial charge in [0.15, 0.2) is 0 Å². The fraction of sp³-hybridized carbons (Fsp3) is 1.00. The van der Waals surface area contributed by atoms with Gasteiger partial charge >= 0.3 is 0 Å². The minimum atomic E-state index is 0.875. The Balaban J connectivity index is 2.95. The minimum absolute atomic E-state index is 0.875. The molecule has 0 aliphatic heterocycles. The highest BCUT2D eigenvalue weighted by Gasteiger charge is 1.99. The first-order chi connectivity index (χ1) is 3.13. The smallest absolute Gasteiger partial charge is 0.0863 e. The molecule has 42 valence electrons. The van der Waals surface area contributed by atoms with Crippen molar-refractivity contribution in [2.24, 2.45) is 5.92 Å². The molecule has 0 saturated carbocycles. The van der Waals surface area contributed by atoms with Crippen molar-refractivity contribution in [1.29, 1.82) is 0 Å². The summed E-state index contributed by atoms with van der Waals surface area (Å²) in [5.74, 6) is 0.875. The third-order valence-corrected chi connectivity index (χ3v) is 0.943. The summed E-state index contributed by atoms with van der Waals surface area (Å²) >= 11 is 0. The van der Waals surface area contributed by atoms with E-state index < -0.39 is 0 Å². The normalized spacial score (nSPS) is 9.86. The maximum Gasteiger partial charge on any atom is 0.133 e. The summed E-state index contributed by atoms with van der Waals surface area (Å²) in [5.41, 5.74) is 0. The van der Waals surface area contributed by atoms with Gasteiger partial charge in [-0.15, -0.1) is 0 Å². The van der Waals surface area contributed by atoms with Crippen LogP contribution in [0, 0.1) is 5.92 Å². The van der Waals surface area contributed by atoms with Crippen molar-refractivity contribution in [3.8, 4) is 0 Å². The van der Waals surface area contributed by atoms with Gasteiger partial charge < -0.3 is 0 Å². The first kappa shape index (κ1) is 7.06. The van der Waals surface area contributed by atoms with Gasteiger partial charge in [-0.2, -0.15) is 0 Å². The molecule has 0 unspecified atom stereocenters. The molecule has 0 aliphatic rings. The van der Waals surface area contributed by atoms with Crippen molar-refractivity contribution >= 4 is 6.71 Å². The Morgan fingerprint density at radius 2 is 1.71 bits per heavy atom. The maximum atomic E-state index is 2.26. The molecule has 0 aromatic heterocycles. The van der Waals surface area contributed by atoms with Crippen LogP contribution >= 0.6 is 0 Å². The summed E-state index contributed by atoms with van der Waals surface area (Å²) in [6, 6.07) is 0. The van der Waals surface area contributed by atoms with Crippen LogP contribution < -0.4 is 0 Å². The van der Waals surface area contributed by atoms with Crippen molar-refractivity contribution in [3.05, 3.63) is 0 Å². The molecular weight excluding hydrogens is 82.9 g/mol. The molecule has 1 heteroatoms. The first-order valence-corrected chi connectivity index (χ1v) is 3.13. The fourth-order valence-corrected chi connectivity index (χ4v) is 0.943. The second-order valence-electron chi connectivity index (χ2n) is 3.02. The summed E-state index contributed by atoms with van der Waals surface area (Å²) < 4.78 is 0. The van der Waals surface area contributed by atoms with Gasteiger partial charge in [-0.1, -0.05) is 39.7 Å². The van der Waals surface area contributed by atoms with Crippen LogP contribution in [0.3, 0.4) is 0 Å². The van der Waals surface area contributed by atoms with Gasteiger partial charge in [-0.05, 0) is 0 Å². The predicted octanol–water partition coefficient (Wildman–Crippen LogP) is 2.40. The van der Waals surface area contributed by atoms with Crippen LogP contribution in [0.5, 0.6) is 0 Å². The van der Waals surface area contributed by atoms with Crippen molar-refractivity contribution in [3.63, 3.8) is 0 Å². The average Bonchev–Trinajstić information content (AvgIpc) is 1.27. The van der Waals surface area contributed by atoms with E-state index in [0.717, 1.165) is 12.6 Å². The molecule has 0 aliphatic carbocycles. The zero-order chi connectivity index (χ0) is 5.86. The van der Waals surface area contributed by atoms with E-state index in [2.05, 4.69) is 27.5 Å². The highest BCUT2D eigenvalue weighted by molar-refractivity contribution is 6.55. The summed E-state index contributed by atoms with van der Waals surface area (Å²) in [6.45, 7) is 9.93. The second-order valence-corrected chi connectivity index (χ2v) is 3.02. The van der Waals surface area contributed by atoms with Gasteiger partial charge in [-0.3, -0.25) is 0 Å². The van der Waals surface area contributed by atoms with Crippen molar-refractivity contribution in [2.45, 2.75) is 33.8 Å². The lowest BCUT2D eigenvalue weighted by Gasteiger charge is -2.02. The molecule has 0 rings (SSSR count). The van der Waals surface area contributed by atoms with E-state index in [9.17, 15) is 0 Å². The van der Waals surface area contributed by atoms with Crippen LogP contribution in [-0.4, -0.2) is 6.71 Å². The Kier molecular flexibility index (Phi) is 3.15. The molecule has 0 radical (unpaired) electrons.